The number of carbonyl (C=O) groups excluding carboxylic acids is 1. The number of morpholine rings is 1. The first-order valence-electron chi connectivity index (χ1n) is 16.6. The van der Waals surface area contributed by atoms with Crippen molar-refractivity contribution >= 4 is 38.1 Å². The number of aliphatic hydroxyl groups is 1. The quantitative estimate of drug-likeness (QED) is 0.0711. The summed E-state index contributed by atoms with van der Waals surface area (Å²) in [5, 5.41) is 29.2. The summed E-state index contributed by atoms with van der Waals surface area (Å²) in [7, 11) is 0. The van der Waals surface area contributed by atoms with Gasteiger partial charge in [0, 0.05) is 13.1 Å². The van der Waals surface area contributed by atoms with Crippen LogP contribution in [-0.4, -0.2) is 59.0 Å². The van der Waals surface area contributed by atoms with E-state index in [9.17, 15) is 15.0 Å². The average molecular weight is 955 g/mol. The smallest absolute Gasteiger partial charge is 0.847 e. The summed E-state index contributed by atoms with van der Waals surface area (Å²) in [5.74, 6) is 1.01. The van der Waals surface area contributed by atoms with E-state index in [1.54, 1.807) is 0 Å². The molecule has 5 aromatic rings. The van der Waals surface area contributed by atoms with Gasteiger partial charge in [-0.3, -0.25) is 22.9 Å². The van der Waals surface area contributed by atoms with Crippen molar-refractivity contribution in [2.45, 2.75) is 45.8 Å². The topological polar surface area (TPSA) is 143 Å². The molecule has 3 atom stereocenters. The van der Waals surface area contributed by atoms with Gasteiger partial charge in [0.15, 0.2) is 12.0 Å². The molecule has 3 heterocycles. The van der Waals surface area contributed by atoms with Crippen molar-refractivity contribution in [2.24, 2.45) is 0 Å². The predicted octanol–water partition coefficient (Wildman–Crippen LogP) is 5.72. The maximum atomic E-state index is 12.2. The van der Waals surface area contributed by atoms with Crippen molar-refractivity contribution in [3.8, 4) is 11.8 Å². The fraction of sp³-hybridized carbons (Fsp3) is 0.262. The number of halogens is 2. The molecule has 2 aromatic heterocycles. The number of aromatic nitrogens is 2. The maximum Gasteiger partial charge on any atom is 2.00 e. The number of rotatable bonds is 12. The van der Waals surface area contributed by atoms with E-state index in [1.165, 1.54) is 6.08 Å². The van der Waals surface area contributed by atoms with Gasteiger partial charge in [0.1, 0.15) is 28.3 Å². The largest absolute Gasteiger partial charge is 2.00 e. The number of aliphatic hydroxyl groups excluding tert-OH is 1. The van der Waals surface area contributed by atoms with Crippen LogP contribution in [0.4, 0.5) is 0 Å². The molecule has 0 bridgehead atoms. The first-order chi connectivity index (χ1) is 26.3. The summed E-state index contributed by atoms with van der Waals surface area (Å²) in [6, 6.07) is 29.0. The summed E-state index contributed by atoms with van der Waals surface area (Å²) in [5.41, 5.74) is 2.92. The molecular weight excluding hydrogens is 907 g/mol. The molecule has 1 N–H and O–H groups in total. The first-order valence-corrected chi connectivity index (χ1v) is 18.1. The third kappa shape index (κ3) is 18.8. The molecule has 0 radical (unpaired) electrons. The van der Waals surface area contributed by atoms with E-state index in [0.717, 1.165) is 43.0 Å². The minimum absolute atomic E-state index is 0. The summed E-state index contributed by atoms with van der Waals surface area (Å²) >= 11 is 6.45. The van der Waals surface area contributed by atoms with Gasteiger partial charge in [0.05, 0.1) is 13.2 Å². The Hall–Kier alpha value is -3.41. The van der Waals surface area contributed by atoms with Crippen molar-refractivity contribution in [1.29, 1.82) is 0 Å². The molecule has 57 heavy (non-hydrogen) atoms. The van der Waals surface area contributed by atoms with E-state index in [-0.39, 0.29) is 69.2 Å². The summed E-state index contributed by atoms with van der Waals surface area (Å²) in [6.45, 7) is 23.5. The summed E-state index contributed by atoms with van der Waals surface area (Å²) < 4.78 is 26.9. The zero-order valence-corrected chi connectivity index (χ0v) is 37.8. The molecule has 0 spiro atoms. The Morgan fingerprint density at radius 2 is 1.28 bits per heavy atom. The molecule has 6 rings (SSSR count). The first kappa shape index (κ1) is 55.7. The average Bonchev–Trinajstić information content (AvgIpc) is 3.81. The molecule has 3 aromatic carbocycles. The molecule has 1 fully saturated rings. The van der Waals surface area contributed by atoms with Gasteiger partial charge in [-0.15, -0.1) is 6.58 Å². The Morgan fingerprint density at radius 1 is 0.842 bits per heavy atom. The SMILES string of the molecule is C.C=C[C@@H](O)c1onc(OCc2ccccc2)c1Br.CC([C@@H]([O-])c1ccccc1)N1CCOCC1.O=Cc1onc(OCc2ccccc2)c1Br.[CH-]=C.[CH-]=C.[Li+].[Zn+2]. The van der Waals surface area contributed by atoms with Crippen molar-refractivity contribution in [3.05, 3.63) is 167 Å². The predicted molar refractivity (Wildman–Crippen MR) is 218 cm³/mol. The zero-order valence-electron chi connectivity index (χ0n) is 31.7. The zero-order chi connectivity index (χ0) is 39.7. The monoisotopic (exact) mass is 951 g/mol. The van der Waals surface area contributed by atoms with Crippen LogP contribution in [0.5, 0.6) is 11.8 Å². The van der Waals surface area contributed by atoms with Crippen LogP contribution >= 0.6 is 31.9 Å². The van der Waals surface area contributed by atoms with Crippen LogP contribution in [0.15, 0.2) is 135 Å². The Labute approximate surface area is 378 Å². The van der Waals surface area contributed by atoms with Crippen molar-refractivity contribution in [3.63, 3.8) is 0 Å². The number of hydrogen-bond donors (Lipinski definition) is 1. The Morgan fingerprint density at radius 3 is 1.72 bits per heavy atom. The normalized spacial score (nSPS) is 12.9. The van der Waals surface area contributed by atoms with Gasteiger partial charge in [-0.25, -0.2) is 0 Å². The third-order valence-electron chi connectivity index (χ3n) is 7.49. The second-order valence-electron chi connectivity index (χ2n) is 10.9. The van der Waals surface area contributed by atoms with Crippen LogP contribution in [0.1, 0.15) is 59.6 Å². The second kappa shape index (κ2) is 32.5. The fourth-order valence-electron chi connectivity index (χ4n) is 4.65. The molecule has 15 heteroatoms. The molecule has 0 aliphatic carbocycles. The molecular formula is C42H48Br2LiN3O8Zn. The molecule has 1 aliphatic rings. The number of nitrogens with zero attached hydrogens (tertiary/aromatic N) is 3. The minimum Gasteiger partial charge on any atom is -0.847 e. The van der Waals surface area contributed by atoms with Gasteiger partial charge in [-0.05, 0) is 59.3 Å². The van der Waals surface area contributed by atoms with E-state index in [1.807, 2.05) is 97.9 Å². The molecule has 0 saturated carbocycles. The number of carbonyl (C=O) groups is 1. The molecule has 1 unspecified atom stereocenters. The molecule has 296 valence electrons. The Bertz CT molecular complexity index is 1760. The number of ether oxygens (including phenoxy) is 3. The summed E-state index contributed by atoms with van der Waals surface area (Å²) in [6.07, 6.45) is 0.360. The van der Waals surface area contributed by atoms with Gasteiger partial charge in [-0.2, -0.15) is 0 Å². The van der Waals surface area contributed by atoms with E-state index in [4.69, 9.17) is 23.3 Å². The molecule has 11 nitrogen and oxygen atoms in total. The van der Waals surface area contributed by atoms with Crippen molar-refractivity contribution in [2.75, 3.05) is 26.3 Å². The van der Waals surface area contributed by atoms with E-state index in [2.05, 4.69) is 80.0 Å². The van der Waals surface area contributed by atoms with Gasteiger partial charge < -0.3 is 46.6 Å². The third-order valence-corrected chi connectivity index (χ3v) is 8.95. The van der Waals surface area contributed by atoms with Crippen molar-refractivity contribution in [1.82, 2.24) is 15.2 Å². The minimum atomic E-state index is -0.902. The molecule has 1 aliphatic heterocycles. The van der Waals surface area contributed by atoms with Crippen molar-refractivity contribution < 1.29 is 76.6 Å². The van der Waals surface area contributed by atoms with Crippen LogP contribution in [0.2, 0.25) is 0 Å². The van der Waals surface area contributed by atoms with Crippen LogP contribution < -0.4 is 33.4 Å². The number of hydrogen-bond acceptors (Lipinski definition) is 11. The van der Waals surface area contributed by atoms with Gasteiger partial charge in [0.25, 0.3) is 11.8 Å². The van der Waals surface area contributed by atoms with Gasteiger partial charge in [0.2, 0.25) is 5.76 Å². The Balaban J connectivity index is 0. The number of aldehydes is 1. The number of benzene rings is 3. The van der Waals surface area contributed by atoms with E-state index in [0.29, 0.717) is 34.3 Å². The fourth-order valence-corrected chi connectivity index (χ4v) is 5.49. The van der Waals surface area contributed by atoms with Gasteiger partial charge in [-0.1, -0.05) is 123 Å². The van der Waals surface area contributed by atoms with Crippen LogP contribution in [0, 0.1) is 13.2 Å². The van der Waals surface area contributed by atoms with Crippen LogP contribution in [-0.2, 0) is 37.4 Å². The molecule has 0 amide bonds. The van der Waals surface area contributed by atoms with Gasteiger partial charge >= 0.3 is 38.3 Å². The van der Waals surface area contributed by atoms with Crippen LogP contribution in [0.25, 0.3) is 0 Å². The van der Waals surface area contributed by atoms with E-state index < -0.39 is 12.2 Å². The standard InChI is InChI=1S/C13H12BrNO3.C13H18NO2.C11H8BrNO3.2C2H3.CH4.Li.Zn/c1-2-10(16)12-11(14)13(15-18-12)17-8-9-6-4-3-5-7-9;1-11(14-7-9-16-10-8-14)13(15)12-5-3-2-4-6-12;12-10-9(6-14)16-13-11(10)15-7-8-4-2-1-3-5-8;2*1-2;;;/h2-7,10,16H,1,8H2;2-6,11,13H,7-10H2,1H3;1-6H,7H2;2*1H,2H2;1H4;;/q;-1;;2*-1;;+1;+2/t10-;11?,13-;;;;;;/m11....../s1. The van der Waals surface area contributed by atoms with E-state index >= 15 is 0 Å². The Kier molecular flexibility index (Phi) is 31.8. The maximum absolute atomic E-state index is 12.2. The van der Waals surface area contributed by atoms with Crippen LogP contribution in [0.3, 0.4) is 0 Å². The molecule has 1 saturated heterocycles. The second-order valence-corrected chi connectivity index (χ2v) is 12.5. The summed E-state index contributed by atoms with van der Waals surface area (Å²) in [4.78, 5) is 12.7.